The molecular weight excluding hydrogens is 268 g/mol. The van der Waals surface area contributed by atoms with Crippen molar-refractivity contribution in [2.75, 3.05) is 6.79 Å². The highest BCUT2D eigenvalue weighted by Gasteiger charge is 2.19. The molecule has 0 N–H and O–H groups in total. The zero-order valence-corrected chi connectivity index (χ0v) is 11.0. The maximum Gasteiger partial charge on any atom is 0.231 e. The van der Waals surface area contributed by atoms with E-state index in [9.17, 15) is 0 Å². The van der Waals surface area contributed by atoms with Crippen LogP contribution in [0.4, 0.5) is 0 Å². The Hall–Kier alpha value is -3.07. The quantitative estimate of drug-likeness (QED) is 0.719. The SMILES string of the molecule is N#CCn1c(-c2ccncc2)nc2cc3c(cc21)OCO3. The van der Waals surface area contributed by atoms with E-state index in [1.54, 1.807) is 12.4 Å². The molecule has 102 valence electrons. The second-order valence-corrected chi connectivity index (χ2v) is 4.61. The molecule has 0 amide bonds. The van der Waals surface area contributed by atoms with Gasteiger partial charge in [-0.15, -0.1) is 0 Å². The first-order chi connectivity index (χ1) is 10.4. The molecule has 21 heavy (non-hydrogen) atoms. The zero-order chi connectivity index (χ0) is 14.2. The lowest BCUT2D eigenvalue weighted by molar-refractivity contribution is 0.174. The molecule has 1 aromatic carbocycles. The first kappa shape index (κ1) is 11.7. The predicted molar refractivity (Wildman–Crippen MR) is 74.7 cm³/mol. The molecule has 4 rings (SSSR count). The minimum atomic E-state index is 0.216. The summed E-state index contributed by atoms with van der Waals surface area (Å²) < 4.78 is 12.6. The molecule has 0 aliphatic carbocycles. The number of hydrogen-bond donors (Lipinski definition) is 0. The van der Waals surface area contributed by atoms with Crippen molar-refractivity contribution < 1.29 is 9.47 Å². The van der Waals surface area contributed by atoms with E-state index in [4.69, 9.17) is 14.7 Å². The van der Waals surface area contributed by atoms with E-state index in [1.165, 1.54) is 0 Å². The van der Waals surface area contributed by atoms with Crippen LogP contribution < -0.4 is 9.47 Å². The highest BCUT2D eigenvalue weighted by atomic mass is 16.7. The highest BCUT2D eigenvalue weighted by Crippen LogP contribution is 2.37. The number of hydrogen-bond acceptors (Lipinski definition) is 5. The normalized spacial score (nSPS) is 12.5. The van der Waals surface area contributed by atoms with Crippen molar-refractivity contribution in [1.82, 2.24) is 14.5 Å². The van der Waals surface area contributed by atoms with Gasteiger partial charge in [0, 0.05) is 30.1 Å². The van der Waals surface area contributed by atoms with Gasteiger partial charge in [0.25, 0.3) is 0 Å². The molecule has 3 aromatic rings. The van der Waals surface area contributed by atoms with Crippen LogP contribution in [0, 0.1) is 11.3 Å². The number of aromatic nitrogens is 3. The van der Waals surface area contributed by atoms with Crippen LogP contribution in [0.5, 0.6) is 11.5 Å². The molecule has 0 atom stereocenters. The maximum atomic E-state index is 9.10. The van der Waals surface area contributed by atoms with Crippen LogP contribution in [0.2, 0.25) is 0 Å². The largest absolute Gasteiger partial charge is 0.454 e. The molecule has 1 aliphatic heterocycles. The number of benzene rings is 1. The number of fused-ring (bicyclic) bond motifs is 2. The first-order valence-corrected chi connectivity index (χ1v) is 6.44. The van der Waals surface area contributed by atoms with Crippen LogP contribution in [0.25, 0.3) is 22.4 Å². The number of rotatable bonds is 2. The Labute approximate surface area is 120 Å². The third kappa shape index (κ3) is 1.79. The lowest BCUT2D eigenvalue weighted by Gasteiger charge is -2.04. The predicted octanol–water partition coefficient (Wildman–Crippen LogP) is 2.35. The van der Waals surface area contributed by atoms with Crippen molar-refractivity contribution in [3.63, 3.8) is 0 Å². The van der Waals surface area contributed by atoms with Crippen molar-refractivity contribution in [3.05, 3.63) is 36.7 Å². The summed E-state index contributed by atoms with van der Waals surface area (Å²) in [5, 5.41) is 9.10. The average Bonchev–Trinajstić information content (AvgIpc) is 3.11. The van der Waals surface area contributed by atoms with Gasteiger partial charge in [0.2, 0.25) is 6.79 Å². The number of nitrogens with zero attached hydrogens (tertiary/aromatic N) is 4. The van der Waals surface area contributed by atoms with Crippen LogP contribution in [0.3, 0.4) is 0 Å². The summed E-state index contributed by atoms with van der Waals surface area (Å²) >= 11 is 0. The van der Waals surface area contributed by atoms with E-state index in [-0.39, 0.29) is 13.3 Å². The van der Waals surface area contributed by atoms with Gasteiger partial charge < -0.3 is 14.0 Å². The van der Waals surface area contributed by atoms with Crippen LogP contribution in [0.15, 0.2) is 36.7 Å². The Morgan fingerprint density at radius 1 is 1.19 bits per heavy atom. The summed E-state index contributed by atoms with van der Waals surface area (Å²) in [4.78, 5) is 8.64. The van der Waals surface area contributed by atoms with Gasteiger partial charge in [-0.05, 0) is 12.1 Å². The van der Waals surface area contributed by atoms with E-state index in [2.05, 4.69) is 16.0 Å². The van der Waals surface area contributed by atoms with Crippen molar-refractivity contribution in [2.45, 2.75) is 6.54 Å². The van der Waals surface area contributed by atoms with E-state index in [0.717, 1.165) is 22.4 Å². The van der Waals surface area contributed by atoms with E-state index < -0.39 is 0 Å². The zero-order valence-electron chi connectivity index (χ0n) is 11.0. The fourth-order valence-corrected chi connectivity index (χ4v) is 2.47. The lowest BCUT2D eigenvalue weighted by atomic mass is 10.2. The summed E-state index contributed by atoms with van der Waals surface area (Å²) in [5.41, 5.74) is 2.55. The van der Waals surface area contributed by atoms with Gasteiger partial charge in [-0.25, -0.2) is 4.98 Å². The van der Waals surface area contributed by atoms with Gasteiger partial charge in [0.05, 0.1) is 17.1 Å². The summed E-state index contributed by atoms with van der Waals surface area (Å²) in [6.45, 7) is 0.436. The topological polar surface area (TPSA) is 73.0 Å². The molecule has 0 radical (unpaired) electrons. The number of ether oxygens (including phenoxy) is 2. The minimum absolute atomic E-state index is 0.216. The molecular formula is C15H10N4O2. The van der Waals surface area contributed by atoms with Crippen LogP contribution in [0.1, 0.15) is 0 Å². The van der Waals surface area contributed by atoms with Gasteiger partial charge in [0.1, 0.15) is 12.4 Å². The lowest BCUT2D eigenvalue weighted by Crippen LogP contribution is -1.98. The van der Waals surface area contributed by atoms with Gasteiger partial charge in [0.15, 0.2) is 11.5 Å². The number of nitriles is 1. The molecule has 0 spiro atoms. The fourth-order valence-electron chi connectivity index (χ4n) is 2.47. The fraction of sp³-hybridized carbons (Fsp3) is 0.133. The van der Waals surface area contributed by atoms with Gasteiger partial charge in [-0.2, -0.15) is 5.26 Å². The van der Waals surface area contributed by atoms with Crippen LogP contribution >= 0.6 is 0 Å². The smallest absolute Gasteiger partial charge is 0.231 e. The summed E-state index contributed by atoms with van der Waals surface area (Å²) in [6.07, 6.45) is 3.41. The third-order valence-corrected chi connectivity index (χ3v) is 3.41. The van der Waals surface area contributed by atoms with E-state index in [1.807, 2.05) is 28.8 Å². The molecule has 0 saturated heterocycles. The molecule has 2 aromatic heterocycles. The summed E-state index contributed by atoms with van der Waals surface area (Å²) in [5.74, 6) is 2.10. The Morgan fingerprint density at radius 2 is 1.95 bits per heavy atom. The van der Waals surface area contributed by atoms with Crippen molar-refractivity contribution in [3.8, 4) is 29.0 Å². The number of pyridine rings is 1. The van der Waals surface area contributed by atoms with Crippen LogP contribution in [-0.2, 0) is 6.54 Å². The molecule has 0 saturated carbocycles. The van der Waals surface area contributed by atoms with Crippen molar-refractivity contribution in [2.24, 2.45) is 0 Å². The van der Waals surface area contributed by atoms with Crippen molar-refractivity contribution in [1.29, 1.82) is 5.26 Å². The molecule has 6 heteroatoms. The molecule has 6 nitrogen and oxygen atoms in total. The molecule has 0 fully saturated rings. The van der Waals surface area contributed by atoms with E-state index >= 15 is 0 Å². The Morgan fingerprint density at radius 3 is 2.71 bits per heavy atom. The molecule has 3 heterocycles. The minimum Gasteiger partial charge on any atom is -0.454 e. The highest BCUT2D eigenvalue weighted by molar-refractivity contribution is 5.84. The monoisotopic (exact) mass is 278 g/mol. The van der Waals surface area contributed by atoms with Crippen molar-refractivity contribution >= 4 is 11.0 Å². The standard InChI is InChI=1S/C15H10N4O2/c16-3-6-19-12-8-14-13(20-9-21-14)7-11(12)18-15(19)10-1-4-17-5-2-10/h1-2,4-5,7-8H,6,9H2. The molecule has 0 unspecified atom stereocenters. The van der Waals surface area contributed by atoms with Gasteiger partial charge in [-0.3, -0.25) is 4.98 Å². The van der Waals surface area contributed by atoms with E-state index in [0.29, 0.717) is 11.5 Å². The Kier molecular flexibility index (Phi) is 2.51. The number of imidazole rings is 1. The second-order valence-electron chi connectivity index (χ2n) is 4.61. The molecule has 0 bridgehead atoms. The maximum absolute atomic E-state index is 9.10. The summed E-state index contributed by atoms with van der Waals surface area (Å²) in [7, 11) is 0. The average molecular weight is 278 g/mol. The van der Waals surface area contributed by atoms with Gasteiger partial charge in [-0.1, -0.05) is 0 Å². The Bertz CT molecular complexity index is 865. The van der Waals surface area contributed by atoms with Gasteiger partial charge >= 0.3 is 0 Å². The third-order valence-electron chi connectivity index (χ3n) is 3.41. The second kappa shape index (κ2) is 4.49. The molecule has 1 aliphatic rings. The summed E-state index contributed by atoms with van der Waals surface area (Å²) in [6, 6.07) is 9.63. The first-order valence-electron chi connectivity index (χ1n) is 6.44. The Balaban J connectivity index is 1.99. The van der Waals surface area contributed by atoms with Crippen LogP contribution in [-0.4, -0.2) is 21.3 Å².